The Morgan fingerprint density at radius 3 is 2.36 bits per heavy atom. The van der Waals surface area contributed by atoms with Crippen molar-refractivity contribution in [2.45, 2.75) is 64.8 Å². The molecule has 10 heteroatoms. The van der Waals surface area contributed by atoms with Crippen LogP contribution in [0.15, 0.2) is 51.7 Å². The van der Waals surface area contributed by atoms with Gasteiger partial charge in [0.2, 0.25) is 0 Å². The van der Waals surface area contributed by atoms with Crippen LogP contribution in [-0.4, -0.2) is 43.7 Å². The molecule has 2 aliphatic heterocycles. The molecule has 3 heterocycles. The fourth-order valence-electron chi connectivity index (χ4n) is 5.31. The van der Waals surface area contributed by atoms with Gasteiger partial charge in [-0.2, -0.15) is 0 Å². The zero-order valence-corrected chi connectivity index (χ0v) is 24.6. The van der Waals surface area contributed by atoms with E-state index in [0.717, 1.165) is 5.39 Å². The molecular weight excluding hydrogens is 544 g/mol. The van der Waals surface area contributed by atoms with Gasteiger partial charge in [-0.15, -0.1) is 0 Å². The molecule has 1 spiro atoms. The van der Waals surface area contributed by atoms with Gasteiger partial charge < -0.3 is 32.8 Å². The Kier molecular flexibility index (Phi) is 7.63. The molecule has 222 valence electrons. The van der Waals surface area contributed by atoms with Gasteiger partial charge in [-0.1, -0.05) is 13.8 Å². The summed E-state index contributed by atoms with van der Waals surface area (Å²) < 4.78 is 41.7. The van der Waals surface area contributed by atoms with Gasteiger partial charge in [0.15, 0.2) is 11.9 Å². The summed E-state index contributed by atoms with van der Waals surface area (Å²) in [6, 6.07) is 10.1. The predicted octanol–water partition coefficient (Wildman–Crippen LogP) is 5.14. The maximum atomic E-state index is 13.3. The number of ether oxygens (including phenoxy) is 6. The minimum absolute atomic E-state index is 0.238. The van der Waals surface area contributed by atoms with Crippen molar-refractivity contribution in [1.82, 2.24) is 0 Å². The average Bonchev–Trinajstić information content (AvgIpc) is 3.18. The van der Waals surface area contributed by atoms with Crippen molar-refractivity contribution < 1.29 is 42.4 Å². The van der Waals surface area contributed by atoms with Crippen LogP contribution in [0, 0.1) is 5.92 Å². The number of methoxy groups -OCH3 is 2. The summed E-state index contributed by atoms with van der Waals surface area (Å²) in [7, 11) is 3.00. The molecular formula is C32H34O10. The molecule has 0 bridgehead atoms. The van der Waals surface area contributed by atoms with Crippen molar-refractivity contribution in [3.63, 3.8) is 0 Å². The molecule has 0 aliphatic carbocycles. The Labute approximate surface area is 243 Å². The molecule has 5 rings (SSSR count). The number of ketones is 1. The molecule has 1 aromatic heterocycles. The minimum Gasteiger partial charge on any atom is -0.496 e. The van der Waals surface area contributed by atoms with E-state index in [2.05, 4.69) is 0 Å². The normalized spacial score (nSPS) is 21.2. The molecule has 1 fully saturated rings. The third-order valence-corrected chi connectivity index (χ3v) is 7.44. The zero-order valence-electron chi connectivity index (χ0n) is 24.6. The Bertz CT molecular complexity index is 1630. The van der Waals surface area contributed by atoms with Gasteiger partial charge in [-0.05, 0) is 50.3 Å². The monoisotopic (exact) mass is 578 g/mol. The lowest BCUT2D eigenvalue weighted by molar-refractivity contribution is -0.270. The van der Waals surface area contributed by atoms with Gasteiger partial charge in [0.25, 0.3) is 0 Å². The first-order chi connectivity index (χ1) is 19.9. The van der Waals surface area contributed by atoms with Crippen molar-refractivity contribution in [3.05, 3.63) is 69.6 Å². The molecule has 3 atom stereocenters. The molecule has 3 unspecified atom stereocenters. The largest absolute Gasteiger partial charge is 0.496 e. The van der Waals surface area contributed by atoms with Gasteiger partial charge in [0, 0.05) is 47.9 Å². The predicted molar refractivity (Wildman–Crippen MR) is 153 cm³/mol. The molecule has 3 aromatic rings. The van der Waals surface area contributed by atoms with E-state index in [-0.39, 0.29) is 23.5 Å². The molecule has 2 aliphatic rings. The molecule has 0 saturated carbocycles. The summed E-state index contributed by atoms with van der Waals surface area (Å²) in [5, 5.41) is 0.739. The quantitative estimate of drug-likeness (QED) is 0.263. The molecule has 0 amide bonds. The standard InChI is InChI=1S/C32H34O10/c1-17(2)27(35)30(38-18(3)33)26-23(37-7)12-9-20-14-15-32(41-29(20)26)40-24(31(4,5)42-32)16-21-22(36-6)11-8-19-10-13-25(34)39-28(19)21/h8-15,17,24,30H,16H2,1-7H3. The summed E-state index contributed by atoms with van der Waals surface area (Å²) in [6.07, 6.45) is 1.81. The van der Waals surface area contributed by atoms with E-state index in [1.165, 1.54) is 20.1 Å². The number of hydrogen-bond donors (Lipinski definition) is 0. The number of benzene rings is 2. The highest BCUT2D eigenvalue weighted by Crippen LogP contribution is 2.49. The SMILES string of the molecule is COc1ccc2c(c1C(OC(C)=O)C(=O)C(C)C)OC1(C=C2)OC(Cc2c(OC)ccc3ccc(=O)oc23)C(C)(C)O1. The minimum atomic E-state index is -1.68. The van der Waals surface area contributed by atoms with Gasteiger partial charge in [0.05, 0.1) is 31.5 Å². The molecule has 0 radical (unpaired) electrons. The average molecular weight is 579 g/mol. The van der Waals surface area contributed by atoms with E-state index < -0.39 is 41.3 Å². The summed E-state index contributed by atoms with van der Waals surface area (Å²) >= 11 is 0. The molecule has 42 heavy (non-hydrogen) atoms. The fourth-order valence-corrected chi connectivity index (χ4v) is 5.31. The molecule has 1 saturated heterocycles. The van der Waals surface area contributed by atoms with Gasteiger partial charge >= 0.3 is 17.6 Å². The van der Waals surface area contributed by atoms with Gasteiger partial charge in [-0.25, -0.2) is 4.79 Å². The highest BCUT2D eigenvalue weighted by Gasteiger charge is 2.55. The fraction of sp³-hybridized carbons (Fsp3) is 0.406. The summed E-state index contributed by atoms with van der Waals surface area (Å²) in [5.41, 5.74) is 0.551. The summed E-state index contributed by atoms with van der Waals surface area (Å²) in [4.78, 5) is 37.5. The summed E-state index contributed by atoms with van der Waals surface area (Å²) in [5.74, 6) is -1.99. The van der Waals surface area contributed by atoms with Crippen LogP contribution in [0.4, 0.5) is 0 Å². The van der Waals surface area contributed by atoms with E-state index >= 15 is 0 Å². The number of Topliss-reactive ketones (excluding diaryl/α,β-unsaturated/α-hetero) is 1. The zero-order chi connectivity index (χ0) is 30.4. The first-order valence-corrected chi connectivity index (χ1v) is 13.7. The highest BCUT2D eigenvalue weighted by molar-refractivity contribution is 5.90. The second-order valence-electron chi connectivity index (χ2n) is 11.1. The molecule has 2 aromatic carbocycles. The van der Waals surface area contributed by atoms with Gasteiger partial charge in [0.1, 0.15) is 22.8 Å². The van der Waals surface area contributed by atoms with Crippen LogP contribution in [-0.2, 0) is 30.2 Å². The second kappa shape index (κ2) is 10.9. The van der Waals surface area contributed by atoms with E-state index in [0.29, 0.717) is 28.2 Å². The number of rotatable bonds is 8. The third kappa shape index (κ3) is 5.28. The van der Waals surface area contributed by atoms with Crippen LogP contribution in [0.2, 0.25) is 0 Å². The molecule has 10 nitrogen and oxygen atoms in total. The lowest BCUT2D eigenvalue weighted by Gasteiger charge is -2.33. The van der Waals surface area contributed by atoms with Crippen molar-refractivity contribution in [2.75, 3.05) is 14.2 Å². The van der Waals surface area contributed by atoms with Crippen molar-refractivity contribution >= 4 is 28.8 Å². The first kappa shape index (κ1) is 29.3. The number of carbonyl (C=O) groups excluding carboxylic acids is 2. The van der Waals surface area contributed by atoms with Crippen LogP contribution in [0.5, 0.6) is 17.2 Å². The maximum absolute atomic E-state index is 13.3. The number of fused-ring (bicyclic) bond motifs is 2. The smallest absolute Gasteiger partial charge is 0.350 e. The van der Waals surface area contributed by atoms with Crippen LogP contribution in [0.1, 0.15) is 57.4 Å². The van der Waals surface area contributed by atoms with Crippen LogP contribution in [0.3, 0.4) is 0 Å². The summed E-state index contributed by atoms with van der Waals surface area (Å²) in [6.45, 7) is 8.42. The Morgan fingerprint density at radius 1 is 1.00 bits per heavy atom. The first-order valence-electron chi connectivity index (χ1n) is 13.7. The lowest BCUT2D eigenvalue weighted by atomic mass is 9.93. The number of esters is 1. The third-order valence-electron chi connectivity index (χ3n) is 7.44. The topological polar surface area (TPSA) is 120 Å². The van der Waals surface area contributed by atoms with Crippen LogP contribution >= 0.6 is 0 Å². The lowest BCUT2D eigenvalue weighted by Crippen LogP contribution is -2.39. The van der Waals surface area contributed by atoms with E-state index in [4.69, 9.17) is 32.8 Å². The Morgan fingerprint density at radius 2 is 1.69 bits per heavy atom. The number of carbonyl (C=O) groups is 2. The van der Waals surface area contributed by atoms with Crippen molar-refractivity contribution in [3.8, 4) is 17.2 Å². The Balaban J connectivity index is 1.56. The Hall–Kier alpha value is -4.15. The number of hydrogen-bond acceptors (Lipinski definition) is 10. The van der Waals surface area contributed by atoms with Crippen LogP contribution < -0.4 is 19.8 Å². The van der Waals surface area contributed by atoms with Crippen LogP contribution in [0.25, 0.3) is 17.0 Å². The second-order valence-corrected chi connectivity index (χ2v) is 11.1. The van der Waals surface area contributed by atoms with E-state index in [1.807, 2.05) is 26.0 Å². The van der Waals surface area contributed by atoms with Crippen molar-refractivity contribution in [1.29, 1.82) is 0 Å². The van der Waals surface area contributed by atoms with Gasteiger partial charge in [-0.3, -0.25) is 9.59 Å². The van der Waals surface area contributed by atoms with E-state index in [1.54, 1.807) is 51.3 Å². The highest BCUT2D eigenvalue weighted by atomic mass is 16.9. The van der Waals surface area contributed by atoms with E-state index in [9.17, 15) is 14.4 Å². The van der Waals surface area contributed by atoms with Crippen molar-refractivity contribution in [2.24, 2.45) is 5.92 Å². The maximum Gasteiger partial charge on any atom is 0.350 e. The molecule has 0 N–H and O–H groups in total.